The van der Waals surface area contributed by atoms with Gasteiger partial charge in [-0.25, -0.2) is 0 Å². The molecule has 0 bridgehead atoms. The number of aromatic amines is 1. The van der Waals surface area contributed by atoms with Crippen molar-refractivity contribution in [2.75, 3.05) is 5.73 Å². The second kappa shape index (κ2) is 3.59. The van der Waals surface area contributed by atoms with Gasteiger partial charge in [0, 0.05) is 11.8 Å². The SMILES string of the molecule is Nc1cc(-c2ccccc2C(F)(F)F)c[nH]1. The monoisotopic (exact) mass is 226 g/mol. The van der Waals surface area contributed by atoms with Gasteiger partial charge >= 0.3 is 6.18 Å². The van der Waals surface area contributed by atoms with Crippen molar-refractivity contribution in [2.45, 2.75) is 6.18 Å². The average Bonchev–Trinajstić information content (AvgIpc) is 2.64. The first-order valence-corrected chi connectivity index (χ1v) is 4.59. The van der Waals surface area contributed by atoms with Crippen molar-refractivity contribution in [1.82, 2.24) is 4.98 Å². The van der Waals surface area contributed by atoms with Crippen LogP contribution in [0.2, 0.25) is 0 Å². The Morgan fingerprint density at radius 3 is 2.38 bits per heavy atom. The van der Waals surface area contributed by atoms with Crippen LogP contribution in [-0.2, 0) is 6.18 Å². The zero-order valence-corrected chi connectivity index (χ0v) is 8.18. The number of hydrogen-bond donors (Lipinski definition) is 2. The second-order valence-electron chi connectivity index (χ2n) is 3.39. The van der Waals surface area contributed by atoms with Crippen LogP contribution < -0.4 is 5.73 Å². The Bertz CT molecular complexity index is 500. The minimum Gasteiger partial charge on any atom is -0.385 e. The number of nitrogens with two attached hydrogens (primary N) is 1. The smallest absolute Gasteiger partial charge is 0.385 e. The Morgan fingerprint density at radius 1 is 1.12 bits per heavy atom. The van der Waals surface area contributed by atoms with Crippen LogP contribution in [0.4, 0.5) is 19.0 Å². The molecule has 1 aromatic carbocycles. The highest BCUT2D eigenvalue weighted by molar-refractivity contribution is 5.70. The Labute approximate surface area is 89.9 Å². The molecule has 0 unspecified atom stereocenters. The lowest BCUT2D eigenvalue weighted by Gasteiger charge is -2.11. The highest BCUT2D eigenvalue weighted by atomic mass is 19.4. The summed E-state index contributed by atoms with van der Waals surface area (Å²) in [6.45, 7) is 0. The summed E-state index contributed by atoms with van der Waals surface area (Å²) in [5.41, 5.74) is 5.34. The molecule has 2 nitrogen and oxygen atoms in total. The molecule has 0 saturated heterocycles. The summed E-state index contributed by atoms with van der Waals surface area (Å²) in [5.74, 6) is 0.340. The standard InChI is InChI=1S/C11H9F3N2/c12-11(13,14)9-4-2-1-3-8(9)7-5-10(15)16-6-7/h1-6,16H,15H2. The van der Waals surface area contributed by atoms with Crippen molar-refractivity contribution in [3.8, 4) is 11.1 Å². The molecule has 2 rings (SSSR count). The van der Waals surface area contributed by atoms with E-state index in [-0.39, 0.29) is 5.56 Å². The lowest BCUT2D eigenvalue weighted by atomic mass is 10.0. The van der Waals surface area contributed by atoms with Crippen molar-refractivity contribution >= 4 is 5.82 Å². The third-order valence-corrected chi connectivity index (χ3v) is 2.25. The first kappa shape index (κ1) is 10.6. The fourth-order valence-electron chi connectivity index (χ4n) is 1.55. The number of H-pyrrole nitrogens is 1. The molecule has 0 aliphatic rings. The van der Waals surface area contributed by atoms with Gasteiger partial charge in [0.05, 0.1) is 5.56 Å². The van der Waals surface area contributed by atoms with E-state index in [1.165, 1.54) is 24.4 Å². The van der Waals surface area contributed by atoms with Crippen LogP contribution in [0.5, 0.6) is 0 Å². The summed E-state index contributed by atoms with van der Waals surface area (Å²) < 4.78 is 38.1. The van der Waals surface area contributed by atoms with Gasteiger partial charge in [0.25, 0.3) is 0 Å². The number of alkyl halides is 3. The van der Waals surface area contributed by atoms with Crippen LogP contribution in [0, 0.1) is 0 Å². The summed E-state index contributed by atoms with van der Waals surface area (Å²) in [4.78, 5) is 2.66. The average molecular weight is 226 g/mol. The van der Waals surface area contributed by atoms with Gasteiger partial charge in [0.2, 0.25) is 0 Å². The van der Waals surface area contributed by atoms with E-state index >= 15 is 0 Å². The van der Waals surface area contributed by atoms with E-state index in [0.29, 0.717) is 11.4 Å². The molecular weight excluding hydrogens is 217 g/mol. The van der Waals surface area contributed by atoms with Crippen molar-refractivity contribution in [3.05, 3.63) is 42.1 Å². The number of benzene rings is 1. The number of rotatable bonds is 1. The van der Waals surface area contributed by atoms with Crippen molar-refractivity contribution in [3.63, 3.8) is 0 Å². The van der Waals surface area contributed by atoms with Gasteiger partial charge in [-0.15, -0.1) is 0 Å². The van der Waals surface area contributed by atoms with Gasteiger partial charge in [0.1, 0.15) is 5.82 Å². The molecule has 1 aromatic heterocycles. The summed E-state index contributed by atoms with van der Waals surface area (Å²) in [5, 5.41) is 0. The molecule has 1 heterocycles. The molecule has 3 N–H and O–H groups in total. The Hall–Kier alpha value is -1.91. The van der Waals surface area contributed by atoms with Crippen LogP contribution in [0.1, 0.15) is 5.56 Å². The minimum absolute atomic E-state index is 0.128. The summed E-state index contributed by atoms with van der Waals surface area (Å²) in [6, 6.07) is 6.88. The molecule has 0 atom stereocenters. The van der Waals surface area contributed by atoms with Gasteiger partial charge in [0.15, 0.2) is 0 Å². The van der Waals surface area contributed by atoms with Gasteiger partial charge in [-0.1, -0.05) is 18.2 Å². The largest absolute Gasteiger partial charge is 0.417 e. The Balaban J connectivity index is 2.57. The number of nitrogen functional groups attached to an aromatic ring is 1. The van der Waals surface area contributed by atoms with E-state index in [1.807, 2.05) is 0 Å². The fourth-order valence-corrected chi connectivity index (χ4v) is 1.55. The summed E-state index contributed by atoms with van der Waals surface area (Å²) in [7, 11) is 0. The van der Waals surface area contributed by atoms with Crippen LogP contribution in [0.3, 0.4) is 0 Å². The van der Waals surface area contributed by atoms with E-state index < -0.39 is 11.7 Å². The van der Waals surface area contributed by atoms with Crippen LogP contribution in [0.15, 0.2) is 36.5 Å². The van der Waals surface area contributed by atoms with Gasteiger partial charge in [-0.2, -0.15) is 13.2 Å². The normalized spacial score (nSPS) is 11.7. The maximum atomic E-state index is 12.7. The van der Waals surface area contributed by atoms with E-state index in [9.17, 15) is 13.2 Å². The third kappa shape index (κ3) is 1.88. The molecule has 0 fully saturated rings. The zero-order chi connectivity index (χ0) is 11.8. The number of anilines is 1. The van der Waals surface area contributed by atoms with E-state index in [2.05, 4.69) is 4.98 Å². The Kier molecular flexibility index (Phi) is 2.38. The fraction of sp³-hybridized carbons (Fsp3) is 0.0909. The molecule has 0 saturated carbocycles. The topological polar surface area (TPSA) is 41.8 Å². The van der Waals surface area contributed by atoms with Crippen LogP contribution in [-0.4, -0.2) is 4.98 Å². The molecule has 0 radical (unpaired) electrons. The van der Waals surface area contributed by atoms with Crippen LogP contribution >= 0.6 is 0 Å². The molecule has 0 amide bonds. The van der Waals surface area contributed by atoms with E-state index in [0.717, 1.165) is 6.07 Å². The summed E-state index contributed by atoms with van der Waals surface area (Å²) in [6.07, 6.45) is -2.90. The molecule has 5 heteroatoms. The Morgan fingerprint density at radius 2 is 1.81 bits per heavy atom. The number of hydrogen-bond acceptors (Lipinski definition) is 1. The second-order valence-corrected chi connectivity index (χ2v) is 3.39. The molecule has 0 aliphatic carbocycles. The van der Waals surface area contributed by atoms with Gasteiger partial charge in [-0.3, -0.25) is 0 Å². The predicted molar refractivity (Wildman–Crippen MR) is 55.6 cm³/mol. The molecular formula is C11H9F3N2. The van der Waals surface area contributed by atoms with Crippen molar-refractivity contribution in [2.24, 2.45) is 0 Å². The lowest BCUT2D eigenvalue weighted by molar-refractivity contribution is -0.137. The van der Waals surface area contributed by atoms with Crippen molar-refractivity contribution < 1.29 is 13.2 Å². The number of halogens is 3. The first-order chi connectivity index (χ1) is 7.48. The maximum Gasteiger partial charge on any atom is 0.417 e. The third-order valence-electron chi connectivity index (χ3n) is 2.25. The molecule has 0 spiro atoms. The van der Waals surface area contributed by atoms with E-state index in [1.54, 1.807) is 6.07 Å². The van der Waals surface area contributed by atoms with Crippen LogP contribution in [0.25, 0.3) is 11.1 Å². The lowest BCUT2D eigenvalue weighted by Crippen LogP contribution is -2.06. The first-order valence-electron chi connectivity index (χ1n) is 4.59. The minimum atomic E-state index is -4.36. The van der Waals surface area contributed by atoms with Gasteiger partial charge in [-0.05, 0) is 17.7 Å². The zero-order valence-electron chi connectivity index (χ0n) is 8.18. The number of nitrogens with one attached hydrogen (secondary N) is 1. The highest BCUT2D eigenvalue weighted by Gasteiger charge is 2.33. The molecule has 0 aliphatic heterocycles. The van der Waals surface area contributed by atoms with Crippen molar-refractivity contribution in [1.29, 1.82) is 0 Å². The summed E-state index contributed by atoms with van der Waals surface area (Å²) >= 11 is 0. The maximum absolute atomic E-state index is 12.7. The number of aromatic nitrogens is 1. The van der Waals surface area contributed by atoms with Gasteiger partial charge < -0.3 is 10.7 Å². The predicted octanol–water partition coefficient (Wildman–Crippen LogP) is 3.28. The van der Waals surface area contributed by atoms with E-state index in [4.69, 9.17) is 5.73 Å². The highest BCUT2D eigenvalue weighted by Crippen LogP contribution is 2.37. The molecule has 16 heavy (non-hydrogen) atoms. The molecule has 84 valence electrons. The quantitative estimate of drug-likeness (QED) is 0.769. The molecule has 2 aromatic rings.